The molecule has 2 rings (SSSR count). The Morgan fingerprint density at radius 1 is 1.35 bits per heavy atom. The molecule has 1 saturated carbocycles. The number of nitrogens with one attached hydrogen (secondary N) is 1. The van der Waals surface area contributed by atoms with Gasteiger partial charge in [0.1, 0.15) is 5.75 Å². The molecule has 0 aliphatic heterocycles. The van der Waals surface area contributed by atoms with Crippen LogP contribution in [0.3, 0.4) is 0 Å². The van der Waals surface area contributed by atoms with E-state index in [1.165, 1.54) is 0 Å². The molecule has 23 heavy (non-hydrogen) atoms. The molecular formula is C18H25NO4. The van der Waals surface area contributed by atoms with Crippen LogP contribution in [-0.2, 0) is 9.59 Å². The Morgan fingerprint density at radius 3 is 2.61 bits per heavy atom. The predicted molar refractivity (Wildman–Crippen MR) is 87.5 cm³/mol. The van der Waals surface area contributed by atoms with Crippen molar-refractivity contribution >= 4 is 11.9 Å². The van der Waals surface area contributed by atoms with Crippen LogP contribution in [0.5, 0.6) is 5.75 Å². The monoisotopic (exact) mass is 319 g/mol. The minimum atomic E-state index is -0.875. The van der Waals surface area contributed by atoms with Crippen LogP contribution in [0.25, 0.3) is 0 Å². The third kappa shape index (κ3) is 4.71. The summed E-state index contributed by atoms with van der Waals surface area (Å²) in [5, 5.41) is 12.1. The Balaban J connectivity index is 2.05. The predicted octanol–water partition coefficient (Wildman–Crippen LogP) is 3.06. The van der Waals surface area contributed by atoms with Gasteiger partial charge < -0.3 is 15.2 Å². The Morgan fingerprint density at radius 2 is 2.04 bits per heavy atom. The van der Waals surface area contributed by atoms with Crippen molar-refractivity contribution in [2.45, 2.75) is 64.0 Å². The highest BCUT2D eigenvalue weighted by Gasteiger charge is 2.38. The minimum Gasteiger partial charge on any atom is -0.481 e. The SMILES string of the molecule is CCC(Oc1cccc(C)c1)C(=O)NC1(CC(=O)O)CCCC1. The van der Waals surface area contributed by atoms with Crippen molar-refractivity contribution in [3.63, 3.8) is 0 Å². The van der Waals surface area contributed by atoms with E-state index < -0.39 is 17.6 Å². The lowest BCUT2D eigenvalue weighted by molar-refractivity contribution is -0.139. The summed E-state index contributed by atoms with van der Waals surface area (Å²) >= 11 is 0. The molecule has 0 aromatic heterocycles. The first kappa shape index (κ1) is 17.3. The van der Waals surface area contributed by atoms with E-state index in [4.69, 9.17) is 9.84 Å². The molecule has 1 aliphatic carbocycles. The third-order valence-corrected chi connectivity index (χ3v) is 4.37. The molecule has 2 N–H and O–H groups in total. The maximum atomic E-state index is 12.6. The molecular weight excluding hydrogens is 294 g/mol. The van der Waals surface area contributed by atoms with Crippen LogP contribution in [-0.4, -0.2) is 28.6 Å². The highest BCUT2D eigenvalue weighted by molar-refractivity contribution is 5.82. The van der Waals surface area contributed by atoms with Crippen molar-refractivity contribution < 1.29 is 19.4 Å². The fraction of sp³-hybridized carbons (Fsp3) is 0.556. The Bertz CT molecular complexity index is 564. The second-order valence-corrected chi connectivity index (χ2v) is 6.38. The molecule has 126 valence electrons. The van der Waals surface area contributed by atoms with Crippen LogP contribution in [0.1, 0.15) is 51.0 Å². The van der Waals surface area contributed by atoms with E-state index >= 15 is 0 Å². The average molecular weight is 319 g/mol. The van der Waals surface area contributed by atoms with Gasteiger partial charge in [0.2, 0.25) is 0 Å². The van der Waals surface area contributed by atoms with E-state index in [1.807, 2.05) is 38.1 Å². The molecule has 0 radical (unpaired) electrons. The number of aliphatic carboxylic acids is 1. The molecule has 1 aromatic carbocycles. The Hall–Kier alpha value is -2.04. The molecule has 0 spiro atoms. The summed E-state index contributed by atoms with van der Waals surface area (Å²) in [6.07, 6.45) is 3.22. The van der Waals surface area contributed by atoms with Crippen LogP contribution < -0.4 is 10.1 Å². The van der Waals surface area contributed by atoms with Gasteiger partial charge in [0.25, 0.3) is 5.91 Å². The minimum absolute atomic E-state index is 0.0282. The van der Waals surface area contributed by atoms with Crippen molar-refractivity contribution in [2.24, 2.45) is 0 Å². The number of carboxylic acids is 1. The summed E-state index contributed by atoms with van der Waals surface area (Å²) in [4.78, 5) is 23.7. The number of amides is 1. The normalized spacial score (nSPS) is 17.5. The Labute approximate surface area is 137 Å². The first-order valence-electron chi connectivity index (χ1n) is 8.21. The molecule has 5 heteroatoms. The fourth-order valence-corrected chi connectivity index (χ4v) is 3.20. The molecule has 5 nitrogen and oxygen atoms in total. The second-order valence-electron chi connectivity index (χ2n) is 6.38. The molecule has 1 unspecified atom stereocenters. The first-order valence-corrected chi connectivity index (χ1v) is 8.21. The lowest BCUT2D eigenvalue weighted by Gasteiger charge is -2.30. The van der Waals surface area contributed by atoms with Crippen molar-refractivity contribution in [3.8, 4) is 5.75 Å². The molecule has 1 amide bonds. The number of benzene rings is 1. The number of rotatable bonds is 7. The van der Waals surface area contributed by atoms with Gasteiger partial charge >= 0.3 is 5.97 Å². The third-order valence-electron chi connectivity index (χ3n) is 4.37. The summed E-state index contributed by atoms with van der Waals surface area (Å²) in [5.74, 6) is -0.442. The maximum absolute atomic E-state index is 12.6. The van der Waals surface area contributed by atoms with Gasteiger partial charge in [-0.05, 0) is 43.9 Å². The van der Waals surface area contributed by atoms with Crippen LogP contribution in [0.2, 0.25) is 0 Å². The van der Waals surface area contributed by atoms with Gasteiger partial charge in [-0.3, -0.25) is 9.59 Å². The molecule has 1 atom stereocenters. The molecule has 1 aliphatic rings. The van der Waals surface area contributed by atoms with E-state index in [0.29, 0.717) is 25.0 Å². The van der Waals surface area contributed by atoms with E-state index in [2.05, 4.69) is 5.32 Å². The number of carbonyl (C=O) groups is 2. The zero-order valence-electron chi connectivity index (χ0n) is 13.8. The van der Waals surface area contributed by atoms with Crippen molar-refractivity contribution in [1.29, 1.82) is 0 Å². The first-order chi connectivity index (χ1) is 10.9. The fourth-order valence-electron chi connectivity index (χ4n) is 3.20. The number of hydrogen-bond acceptors (Lipinski definition) is 3. The second kappa shape index (κ2) is 7.49. The van der Waals surface area contributed by atoms with Gasteiger partial charge in [-0.2, -0.15) is 0 Å². The van der Waals surface area contributed by atoms with Crippen molar-refractivity contribution in [2.75, 3.05) is 0 Å². The zero-order valence-corrected chi connectivity index (χ0v) is 13.8. The van der Waals surface area contributed by atoms with E-state index in [-0.39, 0.29) is 12.3 Å². The standard InChI is InChI=1S/C18H25NO4/c1-3-15(23-14-8-6-7-13(2)11-14)17(22)19-18(12-16(20)21)9-4-5-10-18/h6-8,11,15H,3-5,9-10,12H2,1-2H3,(H,19,22)(H,20,21). The van der Waals surface area contributed by atoms with Gasteiger partial charge in [-0.15, -0.1) is 0 Å². The molecule has 0 heterocycles. The molecule has 1 fully saturated rings. The lowest BCUT2D eigenvalue weighted by atomic mass is 9.92. The summed E-state index contributed by atoms with van der Waals surface area (Å²) in [7, 11) is 0. The summed E-state index contributed by atoms with van der Waals surface area (Å²) < 4.78 is 5.81. The van der Waals surface area contributed by atoms with Crippen LogP contribution in [0.4, 0.5) is 0 Å². The summed E-state index contributed by atoms with van der Waals surface area (Å²) in [6, 6.07) is 7.57. The largest absolute Gasteiger partial charge is 0.481 e. The highest BCUT2D eigenvalue weighted by Crippen LogP contribution is 2.33. The average Bonchev–Trinajstić information content (AvgIpc) is 2.91. The number of aryl methyl sites for hydroxylation is 1. The van der Waals surface area contributed by atoms with Gasteiger partial charge in [0.05, 0.1) is 12.0 Å². The van der Waals surface area contributed by atoms with Gasteiger partial charge in [-0.25, -0.2) is 0 Å². The van der Waals surface area contributed by atoms with Crippen LogP contribution >= 0.6 is 0 Å². The van der Waals surface area contributed by atoms with Crippen LogP contribution in [0.15, 0.2) is 24.3 Å². The van der Waals surface area contributed by atoms with Crippen LogP contribution in [0, 0.1) is 6.92 Å². The lowest BCUT2D eigenvalue weighted by Crippen LogP contribution is -2.52. The van der Waals surface area contributed by atoms with E-state index in [0.717, 1.165) is 18.4 Å². The molecule has 0 saturated heterocycles. The number of ether oxygens (including phenoxy) is 1. The van der Waals surface area contributed by atoms with Gasteiger partial charge in [0.15, 0.2) is 6.10 Å². The Kier molecular flexibility index (Phi) is 5.64. The molecule has 0 bridgehead atoms. The maximum Gasteiger partial charge on any atom is 0.305 e. The van der Waals surface area contributed by atoms with Crippen molar-refractivity contribution in [3.05, 3.63) is 29.8 Å². The number of hydrogen-bond donors (Lipinski definition) is 2. The van der Waals surface area contributed by atoms with Gasteiger partial charge in [-0.1, -0.05) is 31.9 Å². The number of carboxylic acid groups (broad SMARTS) is 1. The zero-order chi connectivity index (χ0) is 16.9. The quantitative estimate of drug-likeness (QED) is 0.810. The summed E-state index contributed by atoms with van der Waals surface area (Å²) in [6.45, 7) is 3.85. The topological polar surface area (TPSA) is 75.6 Å². The summed E-state index contributed by atoms with van der Waals surface area (Å²) in [5.41, 5.74) is 0.447. The molecule has 1 aromatic rings. The van der Waals surface area contributed by atoms with Gasteiger partial charge in [0, 0.05) is 0 Å². The number of carbonyl (C=O) groups excluding carboxylic acids is 1. The highest BCUT2D eigenvalue weighted by atomic mass is 16.5. The van der Waals surface area contributed by atoms with E-state index in [1.54, 1.807) is 0 Å². The smallest absolute Gasteiger partial charge is 0.305 e. The van der Waals surface area contributed by atoms with Crippen molar-refractivity contribution in [1.82, 2.24) is 5.32 Å². The van der Waals surface area contributed by atoms with E-state index in [9.17, 15) is 9.59 Å².